The van der Waals surface area contributed by atoms with Crippen molar-refractivity contribution >= 4 is 15.9 Å². The van der Waals surface area contributed by atoms with Crippen LogP contribution in [0.4, 0.5) is 0 Å². The zero-order valence-electron chi connectivity index (χ0n) is 16.0. The second kappa shape index (κ2) is 7.68. The number of fused-ring (bicyclic) bond motifs is 2. The van der Waals surface area contributed by atoms with Gasteiger partial charge in [0.2, 0.25) is 10.0 Å². The number of hydrogen-bond acceptors (Lipinski definition) is 3. The van der Waals surface area contributed by atoms with Gasteiger partial charge in [-0.25, -0.2) is 8.42 Å². The lowest BCUT2D eigenvalue weighted by molar-refractivity contribution is 0.0796. The van der Waals surface area contributed by atoms with E-state index in [-0.39, 0.29) is 24.0 Å². The summed E-state index contributed by atoms with van der Waals surface area (Å²) in [6.07, 6.45) is 4.06. The number of piperidine rings is 2. The lowest BCUT2D eigenvalue weighted by Gasteiger charge is -2.47. The molecule has 2 aliphatic rings. The van der Waals surface area contributed by atoms with Crippen LogP contribution in [0.5, 0.6) is 0 Å². The monoisotopic (exact) mass is 398 g/mol. The Bertz CT molecular complexity index is 945. The molecule has 1 N–H and O–H groups in total. The first-order valence-corrected chi connectivity index (χ1v) is 11.4. The highest BCUT2D eigenvalue weighted by molar-refractivity contribution is 7.89. The van der Waals surface area contributed by atoms with Crippen LogP contribution in [0.2, 0.25) is 0 Å². The normalized spacial score (nSPS) is 25.2. The smallest absolute Gasteiger partial charge is 0.251 e. The Morgan fingerprint density at radius 3 is 2.21 bits per heavy atom. The molecule has 1 unspecified atom stereocenters. The van der Waals surface area contributed by atoms with E-state index in [2.05, 4.69) is 5.32 Å². The number of hydrogen-bond donors (Lipinski definition) is 1. The summed E-state index contributed by atoms with van der Waals surface area (Å²) < 4.78 is 28.2. The maximum atomic E-state index is 13.2. The Labute approximate surface area is 166 Å². The van der Waals surface area contributed by atoms with Crippen molar-refractivity contribution in [3.05, 3.63) is 65.7 Å². The van der Waals surface area contributed by atoms with Crippen molar-refractivity contribution in [3.63, 3.8) is 0 Å². The van der Waals surface area contributed by atoms with Crippen LogP contribution < -0.4 is 5.32 Å². The van der Waals surface area contributed by atoms with Crippen LogP contribution in [-0.4, -0.2) is 36.8 Å². The number of aryl methyl sites for hydroxylation is 1. The second-order valence-corrected chi connectivity index (χ2v) is 9.69. The Morgan fingerprint density at radius 1 is 0.964 bits per heavy atom. The number of nitrogens with zero attached hydrogens (tertiary/aromatic N) is 1. The maximum absolute atomic E-state index is 13.2. The van der Waals surface area contributed by atoms with Gasteiger partial charge in [0.1, 0.15) is 0 Å². The zero-order valence-corrected chi connectivity index (χ0v) is 16.9. The molecular weight excluding hydrogens is 372 g/mol. The minimum Gasteiger partial charge on any atom is -0.349 e. The predicted octanol–water partition coefficient (Wildman–Crippen LogP) is 3.50. The summed E-state index contributed by atoms with van der Waals surface area (Å²) in [5, 5.41) is 3.16. The fourth-order valence-electron chi connectivity index (χ4n) is 4.65. The molecule has 148 valence electrons. The third-order valence-corrected chi connectivity index (χ3v) is 7.97. The molecule has 1 amide bonds. The van der Waals surface area contributed by atoms with Crippen molar-refractivity contribution in [2.45, 2.75) is 62.0 Å². The highest BCUT2D eigenvalue weighted by Gasteiger charge is 2.45. The summed E-state index contributed by atoms with van der Waals surface area (Å²) in [5.74, 6) is -0.0689. The van der Waals surface area contributed by atoms with Crippen LogP contribution in [0, 0.1) is 6.92 Å². The van der Waals surface area contributed by atoms with Gasteiger partial charge in [0.25, 0.3) is 5.91 Å². The summed E-state index contributed by atoms with van der Waals surface area (Å²) in [6.45, 7) is 1.93. The van der Waals surface area contributed by atoms with Crippen LogP contribution in [0.1, 0.15) is 48.0 Å². The molecule has 0 radical (unpaired) electrons. The van der Waals surface area contributed by atoms with E-state index in [0.29, 0.717) is 23.3 Å². The molecule has 0 aliphatic carbocycles. The highest BCUT2D eigenvalue weighted by atomic mass is 32.2. The van der Waals surface area contributed by atoms with E-state index in [0.717, 1.165) is 24.8 Å². The van der Waals surface area contributed by atoms with Crippen LogP contribution in [0.25, 0.3) is 0 Å². The molecule has 0 aromatic heterocycles. The van der Waals surface area contributed by atoms with E-state index < -0.39 is 10.0 Å². The molecule has 2 heterocycles. The van der Waals surface area contributed by atoms with Gasteiger partial charge in [0.15, 0.2) is 0 Å². The van der Waals surface area contributed by atoms with E-state index in [1.807, 2.05) is 37.3 Å². The molecule has 0 saturated carbocycles. The molecule has 2 aromatic carbocycles. The van der Waals surface area contributed by atoms with Gasteiger partial charge in [-0.05, 0) is 56.4 Å². The summed E-state index contributed by atoms with van der Waals surface area (Å²) in [4.78, 5) is 13.1. The molecule has 3 atom stereocenters. The van der Waals surface area contributed by atoms with Crippen molar-refractivity contribution in [1.82, 2.24) is 9.62 Å². The third kappa shape index (κ3) is 3.59. The molecule has 2 aliphatic heterocycles. The number of amides is 1. The fourth-order valence-corrected chi connectivity index (χ4v) is 6.57. The molecule has 6 heteroatoms. The van der Waals surface area contributed by atoms with Crippen LogP contribution in [0.15, 0.2) is 59.5 Å². The summed E-state index contributed by atoms with van der Waals surface area (Å²) in [7, 11) is -3.51. The maximum Gasteiger partial charge on any atom is 0.251 e. The second-order valence-electron chi connectivity index (χ2n) is 7.84. The lowest BCUT2D eigenvalue weighted by Crippen LogP contribution is -2.58. The van der Waals surface area contributed by atoms with Gasteiger partial charge >= 0.3 is 0 Å². The minimum atomic E-state index is -3.51. The molecule has 2 bridgehead atoms. The van der Waals surface area contributed by atoms with Gasteiger partial charge < -0.3 is 5.32 Å². The first-order chi connectivity index (χ1) is 13.5. The Hall–Kier alpha value is -2.18. The minimum absolute atomic E-state index is 0.00429. The van der Waals surface area contributed by atoms with Crippen molar-refractivity contribution < 1.29 is 13.2 Å². The van der Waals surface area contributed by atoms with Crippen LogP contribution in [-0.2, 0) is 10.0 Å². The number of rotatable bonds is 4. The fraction of sp³-hybridized carbons (Fsp3) is 0.409. The molecule has 2 saturated heterocycles. The zero-order chi connectivity index (χ0) is 19.7. The third-order valence-electron chi connectivity index (χ3n) is 5.95. The Morgan fingerprint density at radius 2 is 1.57 bits per heavy atom. The van der Waals surface area contributed by atoms with Crippen molar-refractivity contribution in [3.8, 4) is 0 Å². The van der Waals surface area contributed by atoms with Gasteiger partial charge in [-0.15, -0.1) is 0 Å². The van der Waals surface area contributed by atoms with Crippen LogP contribution in [0.3, 0.4) is 0 Å². The quantitative estimate of drug-likeness (QED) is 0.857. The van der Waals surface area contributed by atoms with Gasteiger partial charge in [-0.1, -0.05) is 42.8 Å². The first kappa shape index (κ1) is 19.2. The topological polar surface area (TPSA) is 66.5 Å². The summed E-state index contributed by atoms with van der Waals surface area (Å²) in [6, 6.07) is 16.1. The molecule has 0 spiro atoms. The van der Waals surface area contributed by atoms with E-state index in [1.165, 1.54) is 0 Å². The summed E-state index contributed by atoms with van der Waals surface area (Å²) >= 11 is 0. The van der Waals surface area contributed by atoms with Gasteiger partial charge in [0, 0.05) is 23.7 Å². The number of nitrogens with one attached hydrogen (secondary N) is 1. The average Bonchev–Trinajstić information content (AvgIpc) is 2.68. The number of sulfonamides is 1. The molecule has 5 nitrogen and oxygen atoms in total. The first-order valence-electron chi connectivity index (χ1n) is 9.92. The van der Waals surface area contributed by atoms with Crippen molar-refractivity contribution in [1.29, 1.82) is 0 Å². The molecule has 2 fully saturated rings. The molecule has 28 heavy (non-hydrogen) atoms. The largest absolute Gasteiger partial charge is 0.349 e. The summed E-state index contributed by atoms with van der Waals surface area (Å²) in [5.41, 5.74) is 1.64. The van der Waals surface area contributed by atoms with Crippen LogP contribution >= 0.6 is 0 Å². The standard InChI is InChI=1S/C22H26N2O3S/c1-16-8-5-6-13-21(16)22(25)23-17-14-18-9-7-10-19(15-17)24(18)28(26,27)20-11-3-2-4-12-20/h2-6,8,11-13,17-19H,7,9-10,14-15H2,1H3,(H,23,25)/t17?,18-,19+. The lowest BCUT2D eigenvalue weighted by atomic mass is 9.84. The predicted molar refractivity (Wildman–Crippen MR) is 109 cm³/mol. The van der Waals surface area contributed by atoms with E-state index >= 15 is 0 Å². The average molecular weight is 399 g/mol. The highest BCUT2D eigenvalue weighted by Crippen LogP contribution is 2.38. The number of carbonyl (C=O) groups excluding carboxylic acids is 1. The molecular formula is C22H26N2O3S. The van der Waals surface area contributed by atoms with E-state index in [1.54, 1.807) is 28.6 Å². The van der Waals surface area contributed by atoms with Gasteiger partial charge in [0.05, 0.1) is 4.90 Å². The van der Waals surface area contributed by atoms with E-state index in [9.17, 15) is 13.2 Å². The van der Waals surface area contributed by atoms with Crippen molar-refractivity contribution in [2.75, 3.05) is 0 Å². The number of carbonyl (C=O) groups is 1. The molecule has 4 rings (SSSR count). The Balaban J connectivity index is 1.53. The SMILES string of the molecule is Cc1ccccc1C(=O)NC1C[C@H]2CCC[C@@H](C1)N2S(=O)(=O)c1ccccc1. The van der Waals surface area contributed by atoms with Gasteiger partial charge in [-0.2, -0.15) is 4.31 Å². The Kier molecular flexibility index (Phi) is 5.25. The number of benzene rings is 2. The molecule has 2 aromatic rings. The van der Waals surface area contributed by atoms with Crippen molar-refractivity contribution in [2.24, 2.45) is 0 Å². The van der Waals surface area contributed by atoms with Gasteiger partial charge in [-0.3, -0.25) is 4.79 Å². The van der Waals surface area contributed by atoms with E-state index in [4.69, 9.17) is 0 Å².